The summed E-state index contributed by atoms with van der Waals surface area (Å²) < 4.78 is 330. The Morgan fingerprint density at radius 2 is 0.500 bits per heavy atom. The van der Waals surface area contributed by atoms with Crippen LogP contribution >= 0.6 is 0 Å². The van der Waals surface area contributed by atoms with E-state index < -0.39 is 84.2 Å². The molecule has 0 N–H and O–H groups in total. The number of rotatable bonds is 13. The van der Waals surface area contributed by atoms with E-state index in [1.807, 2.05) is 0 Å². The van der Waals surface area contributed by atoms with Gasteiger partial charge >= 0.3 is 71.6 Å². The van der Waals surface area contributed by atoms with Gasteiger partial charge in [0.2, 0.25) is 0 Å². The molecule has 1 unspecified atom stereocenters. The van der Waals surface area contributed by atoms with Crippen LogP contribution in [0.15, 0.2) is 0 Å². The van der Waals surface area contributed by atoms with Crippen molar-refractivity contribution >= 4 is 0 Å². The number of alkyl halides is 25. The van der Waals surface area contributed by atoms with E-state index >= 15 is 0 Å². The van der Waals surface area contributed by atoms with Crippen LogP contribution in [0.4, 0.5) is 110 Å². The van der Waals surface area contributed by atoms with Crippen molar-refractivity contribution < 1.29 is 110 Å². The van der Waals surface area contributed by atoms with Crippen molar-refractivity contribution in [2.24, 2.45) is 0 Å². The fraction of sp³-hybridized carbons (Fsp3) is 1.00. The van der Waals surface area contributed by atoms with Crippen molar-refractivity contribution in [1.82, 2.24) is 0 Å². The summed E-state index contributed by atoms with van der Waals surface area (Å²) in [6, 6.07) is 0. The summed E-state index contributed by atoms with van der Waals surface area (Å²) in [5, 5.41) is 0. The molecule has 0 spiro atoms. The smallest absolute Gasteiger partial charge is 0.241 e. The van der Waals surface area contributed by atoms with E-state index in [9.17, 15) is 110 Å². The molecule has 0 saturated carbocycles. The van der Waals surface area contributed by atoms with Crippen LogP contribution in [0.3, 0.4) is 0 Å². The van der Waals surface area contributed by atoms with E-state index in [4.69, 9.17) is 0 Å². The maximum atomic E-state index is 13.6. The van der Waals surface area contributed by atoms with Crippen molar-refractivity contribution in [2.45, 2.75) is 91.1 Å². The summed E-state index contributed by atoms with van der Waals surface area (Å²) in [5.41, 5.74) is 0. The predicted octanol–water partition coefficient (Wildman–Crippen LogP) is 8.99. The van der Waals surface area contributed by atoms with Gasteiger partial charge in [0.05, 0.1) is 0 Å². The molecule has 0 fully saturated rings. The molecule has 40 heavy (non-hydrogen) atoms. The van der Waals surface area contributed by atoms with Gasteiger partial charge in [-0.3, -0.25) is 0 Å². The van der Waals surface area contributed by atoms with Crippen LogP contribution in [0.5, 0.6) is 0 Å². The van der Waals surface area contributed by atoms with Gasteiger partial charge in [-0.25, -0.2) is 13.2 Å². The minimum atomic E-state index is -9.53. The van der Waals surface area contributed by atoms with Crippen molar-refractivity contribution in [3.8, 4) is 0 Å². The predicted molar refractivity (Wildman–Crippen MR) is 75.6 cm³/mol. The van der Waals surface area contributed by atoms with Gasteiger partial charge in [0.15, 0.2) is 6.17 Å². The highest BCUT2D eigenvalue weighted by Crippen LogP contribution is 2.67. The molecule has 0 bridgehead atoms. The fourth-order valence-corrected chi connectivity index (χ4v) is 2.39. The molecule has 0 nitrogen and oxygen atoms in total. The fourth-order valence-electron chi connectivity index (χ4n) is 2.39. The Hall–Kier alpha value is -1.75. The molecule has 0 saturated heterocycles. The number of hydrogen-bond donors (Lipinski definition) is 0. The molecule has 0 aliphatic rings. The van der Waals surface area contributed by atoms with Crippen LogP contribution in [-0.2, 0) is 0 Å². The van der Waals surface area contributed by atoms with Crippen molar-refractivity contribution in [1.29, 1.82) is 0 Å². The van der Waals surface area contributed by atoms with Gasteiger partial charge in [-0.15, -0.1) is 0 Å². The average molecular weight is 662 g/mol. The summed E-state index contributed by atoms with van der Waals surface area (Å²) in [5.74, 6) is -97.5. The Labute approximate surface area is 202 Å². The molecule has 0 aromatic carbocycles. The Morgan fingerprint density at radius 3 is 0.675 bits per heavy atom. The van der Waals surface area contributed by atoms with E-state index in [0.29, 0.717) is 0 Å². The van der Waals surface area contributed by atoms with Crippen molar-refractivity contribution in [3.05, 3.63) is 0 Å². The molecule has 0 aliphatic carbocycles. The third kappa shape index (κ3) is 4.31. The highest BCUT2D eigenvalue weighted by atomic mass is 19.4. The molecule has 0 aliphatic heterocycles. The van der Waals surface area contributed by atoms with E-state index in [-0.39, 0.29) is 6.92 Å². The van der Waals surface area contributed by atoms with Gasteiger partial charge in [0, 0.05) is 0 Å². The van der Waals surface area contributed by atoms with E-state index in [2.05, 4.69) is 0 Å². The minimum Gasteiger partial charge on any atom is -0.241 e. The molecule has 0 rings (SSSR count). The van der Waals surface area contributed by atoms with E-state index in [0.717, 1.165) is 0 Å². The molecule has 0 aromatic heterocycles. The molecular formula is C15H7F25. The summed E-state index contributed by atoms with van der Waals surface area (Å²) in [6.45, 7) is 0.0594. The molecule has 0 amide bonds. The lowest BCUT2D eigenvalue weighted by Gasteiger charge is -2.45. The Bertz CT molecular complexity index is 896. The number of halogens is 25. The standard InChI is InChI=1S/C15H7F25/c1-2-3(16)5(19,20)7(23,24)9(27,28)11(31,32)13(35,36)15(39,40)14(37,38)12(33,34)10(29,30)8(25,26)6(21,22)4(17)18/h3-4H,2H2,1H3. The van der Waals surface area contributed by atoms with Crippen LogP contribution < -0.4 is 0 Å². The first-order valence-corrected chi connectivity index (χ1v) is 9.00. The SMILES string of the molecule is CCC(F)C(F)(F)C(F)(F)C(F)(F)C(F)(F)C(F)(F)C(F)(F)C(F)(F)C(F)(F)C(F)(F)C(F)(F)C(F)(F)C(F)F. The van der Waals surface area contributed by atoms with Gasteiger partial charge in [-0.2, -0.15) is 96.6 Å². The first-order valence-electron chi connectivity index (χ1n) is 9.00. The maximum absolute atomic E-state index is 13.6. The minimum absolute atomic E-state index is 0.0594. The molecule has 242 valence electrons. The van der Waals surface area contributed by atoms with Crippen LogP contribution in [0, 0.1) is 0 Å². The average Bonchev–Trinajstić information content (AvgIpc) is 2.76. The molecule has 25 heteroatoms. The first kappa shape index (κ1) is 38.2. The van der Waals surface area contributed by atoms with Gasteiger partial charge in [0.25, 0.3) is 0 Å². The lowest BCUT2D eigenvalue weighted by molar-refractivity contribution is -0.477. The molecule has 1 atom stereocenters. The maximum Gasteiger partial charge on any atom is 0.385 e. The molecule has 0 aromatic rings. The van der Waals surface area contributed by atoms with Crippen LogP contribution in [0.2, 0.25) is 0 Å². The molecule has 0 heterocycles. The van der Waals surface area contributed by atoms with Crippen molar-refractivity contribution in [3.63, 3.8) is 0 Å². The van der Waals surface area contributed by atoms with Gasteiger partial charge in [-0.05, 0) is 6.42 Å². The lowest BCUT2D eigenvalue weighted by Crippen LogP contribution is -2.78. The van der Waals surface area contributed by atoms with E-state index in [1.54, 1.807) is 0 Å². The third-order valence-corrected chi connectivity index (χ3v) is 5.02. The first-order chi connectivity index (χ1) is 16.9. The second-order valence-corrected chi connectivity index (χ2v) is 7.59. The molecular weight excluding hydrogens is 655 g/mol. The topological polar surface area (TPSA) is 0 Å². The summed E-state index contributed by atoms with van der Waals surface area (Å²) >= 11 is 0. The Balaban J connectivity index is 7.30. The van der Waals surface area contributed by atoms with Gasteiger partial charge < -0.3 is 0 Å². The van der Waals surface area contributed by atoms with Crippen LogP contribution in [0.1, 0.15) is 13.3 Å². The molecule has 0 radical (unpaired) electrons. The highest BCUT2D eigenvalue weighted by molar-refractivity contribution is 5.19. The summed E-state index contributed by atoms with van der Waals surface area (Å²) in [6.07, 6.45) is -13.1. The third-order valence-electron chi connectivity index (χ3n) is 5.02. The zero-order chi connectivity index (χ0) is 33.4. The zero-order valence-electron chi connectivity index (χ0n) is 17.8. The van der Waals surface area contributed by atoms with Gasteiger partial charge in [-0.1, -0.05) is 6.92 Å². The second-order valence-electron chi connectivity index (χ2n) is 7.59. The second kappa shape index (κ2) is 9.64. The van der Waals surface area contributed by atoms with Gasteiger partial charge in [0.1, 0.15) is 0 Å². The van der Waals surface area contributed by atoms with E-state index in [1.165, 1.54) is 0 Å². The van der Waals surface area contributed by atoms with Crippen LogP contribution in [0.25, 0.3) is 0 Å². The summed E-state index contributed by atoms with van der Waals surface area (Å²) in [4.78, 5) is 0. The normalized spacial score (nSPS) is 17.5. The summed E-state index contributed by atoms with van der Waals surface area (Å²) in [7, 11) is 0. The monoisotopic (exact) mass is 662 g/mol. The largest absolute Gasteiger partial charge is 0.385 e. The van der Waals surface area contributed by atoms with Crippen LogP contribution in [-0.4, -0.2) is 77.7 Å². The van der Waals surface area contributed by atoms with Crippen molar-refractivity contribution in [2.75, 3.05) is 0 Å². The lowest BCUT2D eigenvalue weighted by atomic mass is 9.84. The quantitative estimate of drug-likeness (QED) is 0.173. The Kier molecular flexibility index (Phi) is 9.22. The zero-order valence-corrected chi connectivity index (χ0v) is 17.8. The Morgan fingerprint density at radius 1 is 0.325 bits per heavy atom. The highest BCUT2D eigenvalue weighted by Gasteiger charge is 2.99. The number of hydrogen-bond acceptors (Lipinski definition) is 0.